The summed E-state index contributed by atoms with van der Waals surface area (Å²) < 4.78 is 2.09. The van der Waals surface area contributed by atoms with Crippen LogP contribution in [-0.2, 0) is 6.54 Å². The van der Waals surface area contributed by atoms with Crippen LogP contribution in [0.2, 0.25) is 0 Å². The Morgan fingerprint density at radius 2 is 1.94 bits per heavy atom. The predicted molar refractivity (Wildman–Crippen MR) is 73.3 cm³/mol. The highest BCUT2D eigenvalue weighted by atomic mass is 15.0. The van der Waals surface area contributed by atoms with Crippen molar-refractivity contribution in [3.63, 3.8) is 0 Å². The summed E-state index contributed by atoms with van der Waals surface area (Å²) in [4.78, 5) is 4.49. The van der Waals surface area contributed by atoms with Crippen LogP contribution in [0, 0.1) is 6.92 Å². The Kier molecular flexibility index (Phi) is 2.61. The molecule has 3 heteroatoms. The number of hydrogen-bond donors (Lipinski definition) is 1. The average Bonchev–Trinajstić information content (AvgIpc) is 2.82. The molecule has 0 radical (unpaired) electrons. The molecule has 2 N–H and O–H groups in total. The van der Waals surface area contributed by atoms with Crippen LogP contribution in [-0.4, -0.2) is 9.38 Å². The van der Waals surface area contributed by atoms with Crippen LogP contribution in [0.5, 0.6) is 0 Å². The van der Waals surface area contributed by atoms with E-state index < -0.39 is 0 Å². The number of fused-ring (bicyclic) bond motifs is 1. The van der Waals surface area contributed by atoms with Crippen LogP contribution in [0.25, 0.3) is 16.9 Å². The van der Waals surface area contributed by atoms with E-state index in [1.54, 1.807) is 0 Å². The van der Waals surface area contributed by atoms with Crippen molar-refractivity contribution in [2.75, 3.05) is 0 Å². The number of rotatable bonds is 2. The second kappa shape index (κ2) is 4.27. The van der Waals surface area contributed by atoms with Crippen LogP contribution in [0.3, 0.4) is 0 Å². The number of imidazole rings is 1. The maximum absolute atomic E-state index is 5.65. The van der Waals surface area contributed by atoms with Gasteiger partial charge in [-0.05, 0) is 24.6 Å². The Hall–Kier alpha value is -2.13. The molecule has 1 aromatic carbocycles. The molecule has 0 saturated carbocycles. The van der Waals surface area contributed by atoms with Crippen molar-refractivity contribution in [1.82, 2.24) is 9.38 Å². The van der Waals surface area contributed by atoms with E-state index in [2.05, 4.69) is 46.6 Å². The summed E-state index contributed by atoms with van der Waals surface area (Å²) in [5.41, 5.74) is 10.2. The van der Waals surface area contributed by atoms with Crippen LogP contribution in [0.15, 0.2) is 48.8 Å². The van der Waals surface area contributed by atoms with E-state index in [0.717, 1.165) is 22.5 Å². The number of aryl methyl sites for hydroxylation is 1. The van der Waals surface area contributed by atoms with E-state index in [4.69, 9.17) is 5.73 Å². The lowest BCUT2D eigenvalue weighted by atomic mass is 10.1. The Bertz CT molecular complexity index is 681. The Morgan fingerprint density at radius 1 is 1.17 bits per heavy atom. The van der Waals surface area contributed by atoms with Crippen molar-refractivity contribution >= 4 is 5.52 Å². The molecule has 0 fully saturated rings. The largest absolute Gasteiger partial charge is 0.326 e. The lowest BCUT2D eigenvalue weighted by Gasteiger charge is -2.03. The molecule has 0 aliphatic heterocycles. The summed E-state index contributed by atoms with van der Waals surface area (Å²) in [5.74, 6) is 0.966. The minimum atomic E-state index is 0.557. The fourth-order valence-corrected chi connectivity index (χ4v) is 2.09. The molecule has 0 bridgehead atoms. The Balaban J connectivity index is 2.15. The molecule has 90 valence electrons. The van der Waals surface area contributed by atoms with Crippen molar-refractivity contribution in [1.29, 1.82) is 0 Å². The molecule has 0 saturated heterocycles. The molecule has 2 heterocycles. The van der Waals surface area contributed by atoms with Gasteiger partial charge in [-0.3, -0.25) is 4.40 Å². The highest BCUT2D eigenvalue weighted by Crippen LogP contribution is 2.20. The minimum absolute atomic E-state index is 0.557. The summed E-state index contributed by atoms with van der Waals surface area (Å²) in [7, 11) is 0. The molecule has 0 aliphatic carbocycles. The number of benzene rings is 1. The van der Waals surface area contributed by atoms with E-state index in [1.807, 2.05) is 18.5 Å². The van der Waals surface area contributed by atoms with Crippen molar-refractivity contribution in [3.05, 3.63) is 59.9 Å². The minimum Gasteiger partial charge on any atom is -0.326 e. The lowest BCUT2D eigenvalue weighted by Crippen LogP contribution is -1.97. The molecule has 0 aliphatic rings. The number of nitrogens with zero attached hydrogens (tertiary/aromatic N) is 2. The number of aromatic nitrogens is 2. The molecule has 0 spiro atoms. The van der Waals surface area contributed by atoms with Crippen molar-refractivity contribution in [2.24, 2.45) is 5.73 Å². The topological polar surface area (TPSA) is 43.3 Å². The van der Waals surface area contributed by atoms with E-state index in [0.29, 0.717) is 6.54 Å². The first kappa shape index (κ1) is 11.0. The number of hydrogen-bond acceptors (Lipinski definition) is 2. The molecular weight excluding hydrogens is 222 g/mol. The first-order chi connectivity index (χ1) is 8.78. The van der Waals surface area contributed by atoms with Gasteiger partial charge in [0.15, 0.2) is 0 Å². The molecular formula is C15H15N3. The van der Waals surface area contributed by atoms with E-state index >= 15 is 0 Å². The van der Waals surface area contributed by atoms with Crippen LogP contribution in [0.1, 0.15) is 11.1 Å². The predicted octanol–water partition coefficient (Wildman–Crippen LogP) is 2.77. The summed E-state index contributed by atoms with van der Waals surface area (Å²) in [5, 5.41) is 0. The van der Waals surface area contributed by atoms with Gasteiger partial charge in [-0.15, -0.1) is 0 Å². The first-order valence-electron chi connectivity index (χ1n) is 6.01. The fraction of sp³-hybridized carbons (Fsp3) is 0.133. The van der Waals surface area contributed by atoms with E-state index in [9.17, 15) is 0 Å². The summed E-state index contributed by atoms with van der Waals surface area (Å²) in [6.45, 7) is 2.64. The normalized spacial score (nSPS) is 11.0. The molecule has 3 nitrogen and oxygen atoms in total. The van der Waals surface area contributed by atoms with Gasteiger partial charge in [-0.1, -0.05) is 29.8 Å². The zero-order valence-corrected chi connectivity index (χ0v) is 10.3. The molecule has 0 amide bonds. The Labute approximate surface area is 106 Å². The highest BCUT2D eigenvalue weighted by molar-refractivity contribution is 5.63. The van der Waals surface area contributed by atoms with Gasteiger partial charge >= 0.3 is 0 Å². The second-order valence-electron chi connectivity index (χ2n) is 4.48. The SMILES string of the molecule is Cc1ccc(-c2ncc3cc(CN)ccn23)cc1. The zero-order chi connectivity index (χ0) is 12.5. The molecule has 2 aromatic heterocycles. The van der Waals surface area contributed by atoms with Gasteiger partial charge in [0.2, 0.25) is 0 Å². The molecule has 3 rings (SSSR count). The van der Waals surface area contributed by atoms with Crippen molar-refractivity contribution in [3.8, 4) is 11.4 Å². The zero-order valence-electron chi connectivity index (χ0n) is 10.3. The van der Waals surface area contributed by atoms with Gasteiger partial charge in [0.25, 0.3) is 0 Å². The van der Waals surface area contributed by atoms with Gasteiger partial charge in [0, 0.05) is 18.3 Å². The third-order valence-corrected chi connectivity index (χ3v) is 3.14. The van der Waals surface area contributed by atoms with Crippen LogP contribution >= 0.6 is 0 Å². The summed E-state index contributed by atoms with van der Waals surface area (Å²) in [6.07, 6.45) is 3.91. The first-order valence-corrected chi connectivity index (χ1v) is 6.01. The Morgan fingerprint density at radius 3 is 2.67 bits per heavy atom. The van der Waals surface area contributed by atoms with Gasteiger partial charge in [-0.2, -0.15) is 0 Å². The number of nitrogens with two attached hydrogens (primary N) is 1. The van der Waals surface area contributed by atoms with E-state index in [1.165, 1.54) is 5.56 Å². The van der Waals surface area contributed by atoms with Crippen molar-refractivity contribution in [2.45, 2.75) is 13.5 Å². The standard InChI is InChI=1S/C15H15N3/c1-11-2-4-13(5-3-11)15-17-10-14-8-12(9-16)6-7-18(14)15/h2-8,10H,9,16H2,1H3. The van der Waals surface area contributed by atoms with Gasteiger partial charge in [-0.25, -0.2) is 4.98 Å². The molecule has 3 aromatic rings. The summed E-state index contributed by atoms with van der Waals surface area (Å²) in [6, 6.07) is 12.5. The molecule has 18 heavy (non-hydrogen) atoms. The maximum Gasteiger partial charge on any atom is 0.144 e. The third kappa shape index (κ3) is 1.79. The van der Waals surface area contributed by atoms with Crippen molar-refractivity contribution < 1.29 is 0 Å². The van der Waals surface area contributed by atoms with Gasteiger partial charge < -0.3 is 5.73 Å². The third-order valence-electron chi connectivity index (χ3n) is 3.14. The second-order valence-corrected chi connectivity index (χ2v) is 4.48. The smallest absolute Gasteiger partial charge is 0.144 e. The lowest BCUT2D eigenvalue weighted by molar-refractivity contribution is 1.05. The number of pyridine rings is 1. The highest BCUT2D eigenvalue weighted by Gasteiger charge is 2.06. The maximum atomic E-state index is 5.65. The average molecular weight is 237 g/mol. The monoisotopic (exact) mass is 237 g/mol. The van der Waals surface area contributed by atoms with Crippen LogP contribution in [0.4, 0.5) is 0 Å². The van der Waals surface area contributed by atoms with Gasteiger partial charge in [0.05, 0.1) is 11.7 Å². The van der Waals surface area contributed by atoms with Crippen LogP contribution < -0.4 is 5.73 Å². The van der Waals surface area contributed by atoms with Gasteiger partial charge in [0.1, 0.15) is 5.82 Å². The molecule has 0 atom stereocenters. The quantitative estimate of drug-likeness (QED) is 0.744. The fourth-order valence-electron chi connectivity index (χ4n) is 2.09. The summed E-state index contributed by atoms with van der Waals surface area (Å²) >= 11 is 0. The molecule has 0 unspecified atom stereocenters. The van der Waals surface area contributed by atoms with E-state index in [-0.39, 0.29) is 0 Å².